The molecule has 0 saturated heterocycles. The fraction of sp³-hybridized carbons (Fsp3) is 0.643. The Kier molecular flexibility index (Phi) is 16.3. The predicted molar refractivity (Wildman–Crippen MR) is 141 cm³/mol. The number of allylic oxidation sites excluding steroid dienone is 6. The van der Waals surface area contributed by atoms with Gasteiger partial charge in [-0.05, 0) is 64.5 Å². The van der Waals surface area contributed by atoms with Crippen molar-refractivity contribution in [2.75, 3.05) is 13.6 Å². The number of hydrazone groups is 1. The molecule has 0 bridgehead atoms. The van der Waals surface area contributed by atoms with E-state index in [1.165, 1.54) is 5.57 Å². The molecule has 0 aliphatic rings. The first-order valence-electron chi connectivity index (χ1n) is 12.5. The minimum absolute atomic E-state index is 0.0540. The highest BCUT2D eigenvalue weighted by molar-refractivity contribution is 5.97. The fourth-order valence-electron chi connectivity index (χ4n) is 3.60. The molecule has 0 aliphatic heterocycles. The lowest BCUT2D eigenvalue weighted by molar-refractivity contribution is -0.131. The standard InChI is InChI=1S/C28H49N3O/c1-10-16-20-27(19-13-4)31(22-25(15-6)17-11-2)29-24(8)30(9)28(32)26(18-12-3)21-23(7)14-5/h10,13,16-17,19-20,23,26H,11-12,14-15,18,21-22H2,1-9H3/b16-10-,19-13-,25-17?,27-20+,29-24+/t23-,26-/m1/s1. The van der Waals surface area contributed by atoms with Crippen LogP contribution in [0, 0.1) is 11.8 Å². The summed E-state index contributed by atoms with van der Waals surface area (Å²) in [7, 11) is 1.87. The van der Waals surface area contributed by atoms with Crippen molar-refractivity contribution in [3.8, 4) is 0 Å². The van der Waals surface area contributed by atoms with E-state index in [1.54, 1.807) is 4.90 Å². The van der Waals surface area contributed by atoms with Crippen molar-refractivity contribution in [1.82, 2.24) is 9.91 Å². The van der Waals surface area contributed by atoms with Crippen LogP contribution in [0.1, 0.15) is 93.9 Å². The molecule has 0 rings (SSSR count). The molecule has 0 aromatic heterocycles. The zero-order valence-electron chi connectivity index (χ0n) is 22.3. The van der Waals surface area contributed by atoms with E-state index >= 15 is 0 Å². The molecule has 2 atom stereocenters. The number of amides is 1. The predicted octanol–water partition coefficient (Wildman–Crippen LogP) is 7.72. The first-order valence-corrected chi connectivity index (χ1v) is 12.5. The van der Waals surface area contributed by atoms with E-state index in [2.05, 4.69) is 52.8 Å². The molecule has 0 aromatic rings. The maximum Gasteiger partial charge on any atom is 0.230 e. The van der Waals surface area contributed by atoms with Crippen LogP contribution < -0.4 is 0 Å². The van der Waals surface area contributed by atoms with Crippen molar-refractivity contribution < 1.29 is 4.79 Å². The van der Waals surface area contributed by atoms with Crippen LogP contribution in [0.5, 0.6) is 0 Å². The van der Waals surface area contributed by atoms with E-state index in [-0.39, 0.29) is 11.8 Å². The Morgan fingerprint density at radius 2 is 1.78 bits per heavy atom. The summed E-state index contributed by atoms with van der Waals surface area (Å²) in [6.07, 6.45) is 18.5. The average Bonchev–Trinajstić information content (AvgIpc) is 2.79. The average molecular weight is 444 g/mol. The Morgan fingerprint density at radius 3 is 2.28 bits per heavy atom. The third-order valence-corrected chi connectivity index (χ3v) is 5.85. The zero-order chi connectivity index (χ0) is 24.5. The number of carbonyl (C=O) groups excluding carboxylic acids is 1. The number of carbonyl (C=O) groups is 1. The highest BCUT2D eigenvalue weighted by Crippen LogP contribution is 2.22. The summed E-state index contributed by atoms with van der Waals surface area (Å²) in [4.78, 5) is 15.1. The summed E-state index contributed by atoms with van der Waals surface area (Å²) in [5.41, 5.74) is 2.35. The van der Waals surface area contributed by atoms with Crippen LogP contribution in [0.2, 0.25) is 0 Å². The number of hydrogen-bond donors (Lipinski definition) is 0. The van der Waals surface area contributed by atoms with Crippen molar-refractivity contribution in [2.24, 2.45) is 16.9 Å². The molecule has 0 fully saturated rings. The third kappa shape index (κ3) is 11.0. The lowest BCUT2D eigenvalue weighted by atomic mass is 9.89. The van der Waals surface area contributed by atoms with Gasteiger partial charge in [-0.1, -0.05) is 77.3 Å². The maximum absolute atomic E-state index is 13.3. The summed E-state index contributed by atoms with van der Waals surface area (Å²) in [5.74, 6) is 1.51. The van der Waals surface area contributed by atoms with Gasteiger partial charge in [0.1, 0.15) is 5.84 Å². The van der Waals surface area contributed by atoms with Crippen LogP contribution in [-0.2, 0) is 4.79 Å². The third-order valence-electron chi connectivity index (χ3n) is 5.85. The fourth-order valence-corrected chi connectivity index (χ4v) is 3.60. The molecule has 182 valence electrons. The van der Waals surface area contributed by atoms with Gasteiger partial charge in [-0.15, -0.1) is 0 Å². The number of rotatable bonds is 14. The normalized spacial score (nSPS) is 15.5. The molecular weight excluding hydrogens is 394 g/mol. The molecule has 4 nitrogen and oxygen atoms in total. The van der Waals surface area contributed by atoms with Gasteiger partial charge in [0.2, 0.25) is 5.91 Å². The van der Waals surface area contributed by atoms with Gasteiger partial charge < -0.3 is 4.90 Å². The van der Waals surface area contributed by atoms with Crippen LogP contribution in [0.3, 0.4) is 0 Å². The molecule has 0 aromatic carbocycles. The van der Waals surface area contributed by atoms with E-state index in [0.717, 1.165) is 50.1 Å². The molecule has 0 spiro atoms. The number of amidine groups is 1. The van der Waals surface area contributed by atoms with Gasteiger partial charge in [0.15, 0.2) is 0 Å². The Bertz CT molecular complexity index is 685. The van der Waals surface area contributed by atoms with E-state index in [0.29, 0.717) is 12.5 Å². The van der Waals surface area contributed by atoms with E-state index in [4.69, 9.17) is 5.10 Å². The van der Waals surface area contributed by atoms with Crippen molar-refractivity contribution in [1.29, 1.82) is 0 Å². The van der Waals surface area contributed by atoms with E-state index in [1.807, 2.05) is 51.1 Å². The van der Waals surface area contributed by atoms with Crippen molar-refractivity contribution in [3.05, 3.63) is 47.7 Å². The van der Waals surface area contributed by atoms with Crippen LogP contribution in [-0.4, -0.2) is 35.2 Å². The molecule has 0 saturated carbocycles. The largest absolute Gasteiger partial charge is 0.302 e. The monoisotopic (exact) mass is 443 g/mol. The second kappa shape index (κ2) is 17.5. The molecule has 1 amide bonds. The summed E-state index contributed by atoms with van der Waals surface area (Å²) >= 11 is 0. The van der Waals surface area contributed by atoms with Crippen LogP contribution in [0.15, 0.2) is 52.8 Å². The van der Waals surface area contributed by atoms with Crippen LogP contribution in [0.4, 0.5) is 0 Å². The van der Waals surface area contributed by atoms with Gasteiger partial charge in [-0.2, -0.15) is 5.10 Å². The highest BCUT2D eigenvalue weighted by Gasteiger charge is 2.25. The summed E-state index contributed by atoms with van der Waals surface area (Å²) in [6, 6.07) is 0. The lowest BCUT2D eigenvalue weighted by Crippen LogP contribution is -2.38. The van der Waals surface area contributed by atoms with E-state index < -0.39 is 0 Å². The molecular formula is C28H49N3O. The topological polar surface area (TPSA) is 35.9 Å². The Labute approximate surface area is 198 Å². The Morgan fingerprint density at radius 1 is 1.09 bits per heavy atom. The highest BCUT2D eigenvalue weighted by atomic mass is 16.2. The second-order valence-corrected chi connectivity index (χ2v) is 8.58. The minimum Gasteiger partial charge on any atom is -0.302 e. The van der Waals surface area contributed by atoms with Crippen LogP contribution in [0.25, 0.3) is 0 Å². The van der Waals surface area contributed by atoms with Gasteiger partial charge in [0.05, 0.1) is 12.2 Å². The first-order chi connectivity index (χ1) is 15.3. The van der Waals surface area contributed by atoms with Crippen molar-refractivity contribution in [2.45, 2.75) is 93.9 Å². The smallest absolute Gasteiger partial charge is 0.230 e. The molecule has 0 heterocycles. The second-order valence-electron chi connectivity index (χ2n) is 8.58. The molecule has 4 heteroatoms. The summed E-state index contributed by atoms with van der Waals surface area (Å²) in [6.45, 7) is 17.6. The number of hydrogen-bond acceptors (Lipinski definition) is 3. The maximum atomic E-state index is 13.3. The summed E-state index contributed by atoms with van der Waals surface area (Å²) < 4.78 is 0. The Balaban J connectivity index is 6.04. The quantitative estimate of drug-likeness (QED) is 0.0905. The molecule has 0 N–H and O–H groups in total. The van der Waals surface area contributed by atoms with Gasteiger partial charge in [0.25, 0.3) is 0 Å². The molecule has 0 aliphatic carbocycles. The van der Waals surface area contributed by atoms with E-state index in [9.17, 15) is 4.79 Å². The Hall–Kier alpha value is -2.10. The molecule has 0 unspecified atom stereocenters. The molecule has 32 heavy (non-hydrogen) atoms. The van der Waals surface area contributed by atoms with Crippen LogP contribution >= 0.6 is 0 Å². The molecule has 0 radical (unpaired) electrons. The minimum atomic E-state index is 0.0540. The lowest BCUT2D eigenvalue weighted by Gasteiger charge is -2.28. The summed E-state index contributed by atoms with van der Waals surface area (Å²) in [5, 5.41) is 6.96. The number of nitrogens with zero attached hydrogens (tertiary/aromatic N) is 3. The van der Waals surface area contributed by atoms with Crippen molar-refractivity contribution >= 4 is 11.7 Å². The van der Waals surface area contributed by atoms with Gasteiger partial charge in [-0.3, -0.25) is 9.80 Å². The van der Waals surface area contributed by atoms with Crippen molar-refractivity contribution in [3.63, 3.8) is 0 Å². The van der Waals surface area contributed by atoms with Gasteiger partial charge >= 0.3 is 0 Å². The first kappa shape index (κ1) is 29.9. The SMILES string of the molecule is C\C=C/C=C(\C=C/C)N(CC(=CCC)CC)/N=C(\C)N(C)C(=O)[C@H](CCC)C[C@H](C)CC. The zero-order valence-corrected chi connectivity index (χ0v) is 22.3. The van der Waals surface area contributed by atoms with Gasteiger partial charge in [0, 0.05) is 13.0 Å². The van der Waals surface area contributed by atoms with Gasteiger partial charge in [-0.25, -0.2) is 0 Å².